The number of aryl methyl sites for hydroxylation is 2. The molecule has 21 heavy (non-hydrogen) atoms. The topological polar surface area (TPSA) is 43.8 Å². The van der Waals surface area contributed by atoms with Gasteiger partial charge in [-0.25, -0.2) is 8.78 Å². The molecule has 0 bridgehead atoms. The maximum Gasteiger partial charge on any atom is 0.135 e. The van der Waals surface area contributed by atoms with E-state index in [9.17, 15) is 8.78 Å². The van der Waals surface area contributed by atoms with Gasteiger partial charge in [0.15, 0.2) is 0 Å². The highest BCUT2D eigenvalue weighted by molar-refractivity contribution is 7.13. The van der Waals surface area contributed by atoms with Gasteiger partial charge in [0.25, 0.3) is 0 Å². The van der Waals surface area contributed by atoms with Crippen LogP contribution in [-0.2, 0) is 7.05 Å². The number of aromatic nitrogens is 2. The summed E-state index contributed by atoms with van der Waals surface area (Å²) in [6.45, 7) is 1.59. The number of rotatable bonds is 2. The van der Waals surface area contributed by atoms with Gasteiger partial charge < -0.3 is 5.73 Å². The van der Waals surface area contributed by atoms with Gasteiger partial charge >= 0.3 is 0 Å². The summed E-state index contributed by atoms with van der Waals surface area (Å²) in [4.78, 5) is 0.900. The molecular weight excluding hydrogens is 292 g/mol. The predicted molar refractivity (Wildman–Crippen MR) is 81.0 cm³/mol. The van der Waals surface area contributed by atoms with E-state index in [0.29, 0.717) is 22.6 Å². The van der Waals surface area contributed by atoms with Gasteiger partial charge in [-0.2, -0.15) is 5.10 Å². The van der Waals surface area contributed by atoms with Crippen LogP contribution < -0.4 is 5.73 Å². The molecule has 0 fully saturated rings. The Labute approximate surface area is 124 Å². The van der Waals surface area contributed by atoms with E-state index in [1.165, 1.54) is 22.1 Å². The molecule has 1 aromatic carbocycles. The van der Waals surface area contributed by atoms with Crippen molar-refractivity contribution in [2.24, 2.45) is 7.05 Å². The van der Waals surface area contributed by atoms with Gasteiger partial charge in [-0.1, -0.05) is 6.07 Å². The van der Waals surface area contributed by atoms with Gasteiger partial charge in [-0.15, -0.1) is 11.3 Å². The Balaban J connectivity index is 2.29. The van der Waals surface area contributed by atoms with Crippen molar-refractivity contribution in [2.45, 2.75) is 6.92 Å². The average molecular weight is 305 g/mol. The van der Waals surface area contributed by atoms with Crippen molar-refractivity contribution < 1.29 is 8.78 Å². The number of nitrogens with two attached hydrogens (primary N) is 1. The SMILES string of the molecule is Cc1cc(-c2nn(C)c(N)c2-c2cccs2)c(F)cc1F. The quantitative estimate of drug-likeness (QED) is 0.778. The molecule has 0 aliphatic rings. The monoisotopic (exact) mass is 305 g/mol. The summed E-state index contributed by atoms with van der Waals surface area (Å²) >= 11 is 1.50. The maximum absolute atomic E-state index is 14.2. The van der Waals surface area contributed by atoms with E-state index in [0.717, 1.165) is 10.9 Å². The highest BCUT2D eigenvalue weighted by Gasteiger charge is 2.21. The Morgan fingerprint density at radius 3 is 2.67 bits per heavy atom. The first kappa shape index (κ1) is 13.8. The van der Waals surface area contributed by atoms with Crippen molar-refractivity contribution in [1.29, 1.82) is 0 Å². The van der Waals surface area contributed by atoms with Gasteiger partial charge in [0.1, 0.15) is 23.1 Å². The van der Waals surface area contributed by atoms with Gasteiger partial charge in [0, 0.05) is 23.6 Å². The molecular formula is C15H13F2N3S. The molecule has 3 rings (SSSR count). The van der Waals surface area contributed by atoms with Crippen molar-refractivity contribution >= 4 is 17.2 Å². The zero-order valence-corrected chi connectivity index (χ0v) is 12.3. The first-order chi connectivity index (χ1) is 9.99. The summed E-state index contributed by atoms with van der Waals surface area (Å²) in [5.41, 5.74) is 7.79. The average Bonchev–Trinajstić information content (AvgIpc) is 3.04. The smallest absolute Gasteiger partial charge is 0.135 e. The normalized spacial score (nSPS) is 11.0. The number of halogens is 2. The molecule has 2 heterocycles. The van der Waals surface area contributed by atoms with Crippen LogP contribution in [0.4, 0.5) is 14.6 Å². The molecule has 0 aliphatic carbocycles. The molecule has 0 spiro atoms. The van der Waals surface area contributed by atoms with Crippen molar-refractivity contribution in [1.82, 2.24) is 9.78 Å². The molecule has 0 atom stereocenters. The van der Waals surface area contributed by atoms with Crippen LogP contribution in [0.1, 0.15) is 5.56 Å². The van der Waals surface area contributed by atoms with Crippen LogP contribution in [0.5, 0.6) is 0 Å². The summed E-state index contributed by atoms with van der Waals surface area (Å²) in [6, 6.07) is 6.13. The lowest BCUT2D eigenvalue weighted by Gasteiger charge is -2.05. The molecule has 2 N–H and O–H groups in total. The predicted octanol–water partition coefficient (Wildman–Crippen LogP) is 3.98. The third-order valence-electron chi connectivity index (χ3n) is 3.36. The number of anilines is 1. The number of nitrogens with zero attached hydrogens (tertiary/aromatic N) is 2. The standard InChI is InChI=1S/C15H13F2N3S/c1-8-6-9(11(17)7-10(8)16)14-13(12-4-3-5-21-12)15(18)20(2)19-14/h3-7H,18H2,1-2H3. The molecule has 0 saturated carbocycles. The number of benzene rings is 1. The number of thiophene rings is 1. The number of hydrogen-bond acceptors (Lipinski definition) is 3. The first-order valence-corrected chi connectivity index (χ1v) is 7.19. The van der Waals surface area contributed by atoms with Gasteiger partial charge in [-0.05, 0) is 30.0 Å². The van der Waals surface area contributed by atoms with E-state index in [-0.39, 0.29) is 5.56 Å². The molecule has 0 aliphatic heterocycles. The zero-order chi connectivity index (χ0) is 15.1. The molecule has 3 nitrogen and oxygen atoms in total. The minimum atomic E-state index is -0.644. The molecule has 0 unspecified atom stereocenters. The third-order valence-corrected chi connectivity index (χ3v) is 4.25. The second kappa shape index (κ2) is 4.96. The van der Waals surface area contributed by atoms with Crippen LogP contribution in [0, 0.1) is 18.6 Å². The van der Waals surface area contributed by atoms with Crippen molar-refractivity contribution in [3.05, 3.63) is 46.8 Å². The van der Waals surface area contributed by atoms with Crippen molar-refractivity contribution in [2.75, 3.05) is 5.73 Å². The van der Waals surface area contributed by atoms with Crippen LogP contribution in [0.3, 0.4) is 0 Å². The lowest BCUT2D eigenvalue weighted by Crippen LogP contribution is -1.97. The second-order valence-electron chi connectivity index (χ2n) is 4.79. The molecule has 2 aromatic heterocycles. The fourth-order valence-corrected chi connectivity index (χ4v) is 3.01. The molecule has 3 aromatic rings. The van der Waals surface area contributed by atoms with E-state index in [4.69, 9.17) is 5.73 Å². The number of hydrogen-bond donors (Lipinski definition) is 1. The van der Waals surface area contributed by atoms with Crippen molar-refractivity contribution in [3.8, 4) is 21.7 Å². The summed E-state index contributed by atoms with van der Waals surface area (Å²) in [7, 11) is 1.70. The molecule has 0 amide bonds. The second-order valence-corrected chi connectivity index (χ2v) is 5.74. The van der Waals surface area contributed by atoms with E-state index in [1.807, 2.05) is 17.5 Å². The Morgan fingerprint density at radius 1 is 1.24 bits per heavy atom. The summed E-state index contributed by atoms with van der Waals surface area (Å²) in [5, 5.41) is 6.22. The van der Waals surface area contributed by atoms with Crippen molar-refractivity contribution in [3.63, 3.8) is 0 Å². The lowest BCUT2D eigenvalue weighted by atomic mass is 10.0. The van der Waals surface area contributed by atoms with E-state index in [1.54, 1.807) is 14.0 Å². The van der Waals surface area contributed by atoms with Crippen LogP contribution in [-0.4, -0.2) is 9.78 Å². The molecule has 0 radical (unpaired) electrons. The Hall–Kier alpha value is -2.21. The molecule has 6 heteroatoms. The molecule has 108 valence electrons. The van der Waals surface area contributed by atoms with Gasteiger partial charge in [-0.3, -0.25) is 4.68 Å². The largest absolute Gasteiger partial charge is 0.383 e. The zero-order valence-electron chi connectivity index (χ0n) is 11.5. The Kier molecular flexibility index (Phi) is 3.25. The summed E-state index contributed by atoms with van der Waals surface area (Å²) in [5.74, 6) is -0.763. The van der Waals surface area contributed by atoms with Crippen LogP contribution in [0.15, 0.2) is 29.6 Å². The van der Waals surface area contributed by atoms with E-state index >= 15 is 0 Å². The minimum absolute atomic E-state index is 0.254. The molecule has 0 saturated heterocycles. The third kappa shape index (κ3) is 2.21. The maximum atomic E-state index is 14.2. The van der Waals surface area contributed by atoms with Crippen LogP contribution in [0.25, 0.3) is 21.7 Å². The van der Waals surface area contributed by atoms with E-state index in [2.05, 4.69) is 5.10 Å². The van der Waals surface area contributed by atoms with E-state index < -0.39 is 11.6 Å². The summed E-state index contributed by atoms with van der Waals surface area (Å²) in [6.07, 6.45) is 0. The Morgan fingerprint density at radius 2 is 2.00 bits per heavy atom. The summed E-state index contributed by atoms with van der Waals surface area (Å²) < 4.78 is 29.1. The van der Waals surface area contributed by atoms with Crippen LogP contribution in [0.2, 0.25) is 0 Å². The van der Waals surface area contributed by atoms with Gasteiger partial charge in [0.05, 0.1) is 5.56 Å². The van der Waals surface area contributed by atoms with Crippen LogP contribution >= 0.6 is 11.3 Å². The van der Waals surface area contributed by atoms with Gasteiger partial charge in [0.2, 0.25) is 0 Å². The number of nitrogen functional groups attached to an aromatic ring is 1. The highest BCUT2D eigenvalue weighted by Crippen LogP contribution is 2.39. The first-order valence-electron chi connectivity index (χ1n) is 6.31. The fourth-order valence-electron chi connectivity index (χ4n) is 2.23. The highest BCUT2D eigenvalue weighted by atomic mass is 32.1. The Bertz CT molecular complexity index is 807. The fraction of sp³-hybridized carbons (Fsp3) is 0.133. The minimum Gasteiger partial charge on any atom is -0.383 e. The lowest BCUT2D eigenvalue weighted by molar-refractivity contribution is 0.579.